The van der Waals surface area contributed by atoms with E-state index in [0.29, 0.717) is 0 Å². The molecule has 1 aliphatic rings. The Morgan fingerprint density at radius 2 is 1.94 bits per heavy atom. The summed E-state index contributed by atoms with van der Waals surface area (Å²) in [5, 5.41) is 3.55. The molecule has 1 heteroatoms. The third kappa shape index (κ3) is 5.56. The van der Waals surface area contributed by atoms with Gasteiger partial charge >= 0.3 is 0 Å². The first-order valence-electron chi connectivity index (χ1n) is 8.10. The zero-order valence-corrected chi connectivity index (χ0v) is 12.6. The lowest BCUT2D eigenvalue weighted by atomic mass is 9.76. The molecule has 0 heterocycles. The van der Waals surface area contributed by atoms with E-state index in [1.807, 2.05) is 6.08 Å². The van der Waals surface area contributed by atoms with Crippen LogP contribution in [0.3, 0.4) is 0 Å². The van der Waals surface area contributed by atoms with Gasteiger partial charge in [0.2, 0.25) is 0 Å². The van der Waals surface area contributed by atoms with E-state index in [0.717, 1.165) is 17.9 Å². The molecule has 0 aliphatic heterocycles. The highest BCUT2D eigenvalue weighted by molar-refractivity contribution is 4.82. The van der Waals surface area contributed by atoms with Crippen LogP contribution < -0.4 is 5.32 Å². The summed E-state index contributed by atoms with van der Waals surface area (Å²) < 4.78 is 0. The molecular weight excluding hydrogens is 218 g/mol. The molecule has 0 aromatic carbocycles. The highest BCUT2D eigenvalue weighted by Crippen LogP contribution is 2.34. The molecular formula is C17H33N. The van der Waals surface area contributed by atoms with Crippen molar-refractivity contribution >= 4 is 0 Å². The average molecular weight is 251 g/mol. The van der Waals surface area contributed by atoms with Crippen LogP contribution in [0.5, 0.6) is 0 Å². The molecule has 1 fully saturated rings. The highest BCUT2D eigenvalue weighted by atomic mass is 14.9. The molecule has 1 unspecified atom stereocenters. The zero-order chi connectivity index (χ0) is 13.2. The molecule has 106 valence electrons. The first-order chi connectivity index (χ1) is 8.81. The van der Waals surface area contributed by atoms with E-state index in [-0.39, 0.29) is 0 Å². The minimum atomic E-state index is 0.747. The Kier molecular flexibility index (Phi) is 8.41. The van der Waals surface area contributed by atoms with Gasteiger partial charge in [-0.15, -0.1) is 6.58 Å². The van der Waals surface area contributed by atoms with Gasteiger partial charge in [0.1, 0.15) is 0 Å². The van der Waals surface area contributed by atoms with Crippen LogP contribution in [0.25, 0.3) is 0 Å². The largest absolute Gasteiger partial charge is 0.317 e. The van der Waals surface area contributed by atoms with Crippen molar-refractivity contribution in [2.45, 2.75) is 77.2 Å². The van der Waals surface area contributed by atoms with Gasteiger partial charge in [0, 0.05) is 6.04 Å². The van der Waals surface area contributed by atoms with Gasteiger partial charge in [-0.3, -0.25) is 0 Å². The summed E-state index contributed by atoms with van der Waals surface area (Å²) in [5.74, 6) is 1.96. The van der Waals surface area contributed by atoms with E-state index in [4.69, 9.17) is 0 Å². The van der Waals surface area contributed by atoms with Crippen molar-refractivity contribution < 1.29 is 0 Å². The topological polar surface area (TPSA) is 12.0 Å². The Morgan fingerprint density at radius 1 is 1.22 bits per heavy atom. The molecule has 1 N–H and O–H groups in total. The maximum absolute atomic E-state index is 3.81. The lowest BCUT2D eigenvalue weighted by Gasteiger charge is -2.34. The smallest absolute Gasteiger partial charge is 0.00924 e. The standard InChI is InChI=1S/C17H33N/c1-4-6-8-10-17(18-3)16-13-11-15(12-14-16)9-7-5-2/h4,15-18H,1,5-14H2,2-3H3. The Labute approximate surface area is 114 Å². The number of hydrogen-bond donors (Lipinski definition) is 1. The lowest BCUT2D eigenvalue weighted by Crippen LogP contribution is -2.35. The van der Waals surface area contributed by atoms with Gasteiger partial charge in [0.15, 0.2) is 0 Å². The molecule has 0 bridgehead atoms. The SMILES string of the molecule is C=CCCCC(NC)C1CCC(CCCC)CC1. The van der Waals surface area contributed by atoms with Crippen molar-refractivity contribution in [3.63, 3.8) is 0 Å². The van der Waals surface area contributed by atoms with E-state index in [2.05, 4.69) is 25.9 Å². The Morgan fingerprint density at radius 3 is 2.50 bits per heavy atom. The van der Waals surface area contributed by atoms with E-state index >= 15 is 0 Å². The van der Waals surface area contributed by atoms with E-state index in [1.54, 1.807) is 0 Å². The normalized spacial score (nSPS) is 25.9. The van der Waals surface area contributed by atoms with Crippen molar-refractivity contribution in [1.82, 2.24) is 5.32 Å². The Bertz CT molecular complexity index is 204. The second-order valence-corrected chi connectivity index (χ2v) is 6.04. The quantitative estimate of drug-likeness (QED) is 0.453. The third-order valence-corrected chi connectivity index (χ3v) is 4.72. The van der Waals surface area contributed by atoms with Crippen molar-refractivity contribution in [3.8, 4) is 0 Å². The summed E-state index contributed by atoms with van der Waals surface area (Å²) in [5.41, 5.74) is 0. The van der Waals surface area contributed by atoms with Gasteiger partial charge in [0.05, 0.1) is 0 Å². The summed E-state index contributed by atoms with van der Waals surface area (Å²) in [7, 11) is 2.14. The summed E-state index contributed by atoms with van der Waals surface area (Å²) in [6.07, 6.45) is 16.0. The van der Waals surface area contributed by atoms with E-state index in [9.17, 15) is 0 Å². The van der Waals surface area contributed by atoms with Crippen molar-refractivity contribution in [1.29, 1.82) is 0 Å². The molecule has 0 saturated heterocycles. The minimum Gasteiger partial charge on any atom is -0.317 e. The summed E-state index contributed by atoms with van der Waals surface area (Å²) in [6, 6.07) is 0.747. The van der Waals surface area contributed by atoms with Crippen molar-refractivity contribution in [3.05, 3.63) is 12.7 Å². The molecule has 0 aromatic rings. The summed E-state index contributed by atoms with van der Waals surface area (Å²) in [6.45, 7) is 6.12. The molecule has 1 aliphatic carbocycles. The van der Waals surface area contributed by atoms with Crippen LogP contribution in [0, 0.1) is 11.8 Å². The maximum Gasteiger partial charge on any atom is 0.00924 e. The maximum atomic E-state index is 3.81. The zero-order valence-electron chi connectivity index (χ0n) is 12.6. The molecule has 0 radical (unpaired) electrons. The van der Waals surface area contributed by atoms with E-state index in [1.165, 1.54) is 64.2 Å². The van der Waals surface area contributed by atoms with Crippen molar-refractivity contribution in [2.24, 2.45) is 11.8 Å². The molecule has 18 heavy (non-hydrogen) atoms. The van der Waals surface area contributed by atoms with Crippen LogP contribution >= 0.6 is 0 Å². The minimum absolute atomic E-state index is 0.747. The fourth-order valence-electron chi connectivity index (χ4n) is 3.47. The predicted octanol–water partition coefficient (Wildman–Crippen LogP) is 4.93. The predicted molar refractivity (Wildman–Crippen MR) is 81.9 cm³/mol. The summed E-state index contributed by atoms with van der Waals surface area (Å²) >= 11 is 0. The van der Waals surface area contributed by atoms with Crippen LogP contribution in [-0.2, 0) is 0 Å². The molecule has 1 rings (SSSR count). The Balaban J connectivity index is 2.24. The monoisotopic (exact) mass is 251 g/mol. The second kappa shape index (κ2) is 9.61. The number of rotatable bonds is 9. The Hall–Kier alpha value is -0.300. The van der Waals surface area contributed by atoms with Crippen LogP contribution in [-0.4, -0.2) is 13.1 Å². The van der Waals surface area contributed by atoms with Gasteiger partial charge in [-0.05, 0) is 51.0 Å². The van der Waals surface area contributed by atoms with Gasteiger partial charge in [-0.2, -0.15) is 0 Å². The lowest BCUT2D eigenvalue weighted by molar-refractivity contribution is 0.209. The first-order valence-corrected chi connectivity index (χ1v) is 8.10. The highest BCUT2D eigenvalue weighted by Gasteiger charge is 2.25. The average Bonchev–Trinajstić information content (AvgIpc) is 2.42. The second-order valence-electron chi connectivity index (χ2n) is 6.04. The fraction of sp³-hybridized carbons (Fsp3) is 0.882. The van der Waals surface area contributed by atoms with Gasteiger partial charge < -0.3 is 5.32 Å². The van der Waals surface area contributed by atoms with Crippen molar-refractivity contribution in [2.75, 3.05) is 7.05 Å². The first kappa shape index (κ1) is 15.8. The third-order valence-electron chi connectivity index (χ3n) is 4.72. The molecule has 1 saturated carbocycles. The number of hydrogen-bond acceptors (Lipinski definition) is 1. The molecule has 0 aromatic heterocycles. The van der Waals surface area contributed by atoms with Gasteiger partial charge in [0.25, 0.3) is 0 Å². The van der Waals surface area contributed by atoms with Crippen LogP contribution in [0.4, 0.5) is 0 Å². The fourth-order valence-corrected chi connectivity index (χ4v) is 3.47. The number of nitrogens with one attached hydrogen (secondary N) is 1. The van der Waals surface area contributed by atoms with Crippen LogP contribution in [0.15, 0.2) is 12.7 Å². The number of unbranched alkanes of at least 4 members (excludes halogenated alkanes) is 2. The molecule has 0 spiro atoms. The molecule has 1 nitrogen and oxygen atoms in total. The number of allylic oxidation sites excluding steroid dienone is 1. The van der Waals surface area contributed by atoms with Gasteiger partial charge in [-0.25, -0.2) is 0 Å². The summed E-state index contributed by atoms with van der Waals surface area (Å²) in [4.78, 5) is 0. The van der Waals surface area contributed by atoms with Gasteiger partial charge in [-0.1, -0.05) is 45.1 Å². The molecule has 0 amide bonds. The molecule has 1 atom stereocenters. The van der Waals surface area contributed by atoms with E-state index < -0.39 is 0 Å². The van der Waals surface area contributed by atoms with Crippen LogP contribution in [0.1, 0.15) is 71.1 Å². The van der Waals surface area contributed by atoms with Crippen LogP contribution in [0.2, 0.25) is 0 Å².